The number of halogens is 1. The molecule has 0 saturated heterocycles. The van der Waals surface area contributed by atoms with Crippen molar-refractivity contribution in [1.82, 2.24) is 10.2 Å². The van der Waals surface area contributed by atoms with E-state index < -0.39 is 0 Å². The lowest BCUT2D eigenvalue weighted by Crippen LogP contribution is -2.30. The molecule has 1 aromatic heterocycles. The molecule has 0 radical (unpaired) electrons. The van der Waals surface area contributed by atoms with Gasteiger partial charge in [-0.25, -0.2) is 0 Å². The molecule has 4 heteroatoms. The Balaban J connectivity index is 2.25. The molecule has 0 aromatic carbocycles. The number of thiophene rings is 1. The van der Waals surface area contributed by atoms with Crippen LogP contribution in [0.1, 0.15) is 51.5 Å². The number of hydrogen-bond acceptors (Lipinski definition) is 3. The summed E-state index contributed by atoms with van der Waals surface area (Å²) in [6, 6.07) is 5.35. The second-order valence-electron chi connectivity index (χ2n) is 5.10. The van der Waals surface area contributed by atoms with Crippen LogP contribution in [0.15, 0.2) is 15.9 Å². The highest BCUT2D eigenvalue weighted by Crippen LogP contribution is 2.27. The van der Waals surface area contributed by atoms with Gasteiger partial charge < -0.3 is 10.2 Å². The molecule has 1 rings (SSSR count). The van der Waals surface area contributed by atoms with Gasteiger partial charge in [0, 0.05) is 17.0 Å². The number of hydrogen-bond donors (Lipinski definition) is 1. The van der Waals surface area contributed by atoms with Gasteiger partial charge in [0.25, 0.3) is 0 Å². The van der Waals surface area contributed by atoms with E-state index >= 15 is 0 Å². The summed E-state index contributed by atoms with van der Waals surface area (Å²) in [7, 11) is 0. The highest BCUT2D eigenvalue weighted by molar-refractivity contribution is 9.11. The monoisotopic (exact) mass is 346 g/mol. The van der Waals surface area contributed by atoms with Crippen molar-refractivity contribution in [3.8, 4) is 0 Å². The summed E-state index contributed by atoms with van der Waals surface area (Å²) < 4.78 is 1.21. The Morgan fingerprint density at radius 3 is 2.47 bits per heavy atom. The van der Waals surface area contributed by atoms with Gasteiger partial charge in [-0.1, -0.05) is 13.8 Å². The summed E-state index contributed by atoms with van der Waals surface area (Å²) in [4.78, 5) is 3.90. The van der Waals surface area contributed by atoms with Crippen LogP contribution in [0.4, 0.5) is 0 Å². The van der Waals surface area contributed by atoms with E-state index in [0.29, 0.717) is 12.1 Å². The molecule has 0 amide bonds. The zero-order valence-corrected chi connectivity index (χ0v) is 15.0. The van der Waals surface area contributed by atoms with Gasteiger partial charge in [0.1, 0.15) is 0 Å². The SMILES string of the molecule is CCN(CC)CCCC(C)NC(C)c1ccc(Br)s1. The molecule has 2 nitrogen and oxygen atoms in total. The van der Waals surface area contributed by atoms with Crippen LogP contribution in [-0.4, -0.2) is 30.6 Å². The van der Waals surface area contributed by atoms with Gasteiger partial charge >= 0.3 is 0 Å². The summed E-state index contributed by atoms with van der Waals surface area (Å²) in [5, 5.41) is 3.69. The molecular weight excluding hydrogens is 320 g/mol. The van der Waals surface area contributed by atoms with Crippen molar-refractivity contribution >= 4 is 27.3 Å². The van der Waals surface area contributed by atoms with E-state index in [0.717, 1.165) is 13.1 Å². The third-order valence-electron chi connectivity index (χ3n) is 3.56. The quantitative estimate of drug-likeness (QED) is 0.698. The molecule has 110 valence electrons. The van der Waals surface area contributed by atoms with Gasteiger partial charge in [-0.2, -0.15) is 0 Å². The van der Waals surface area contributed by atoms with Crippen LogP contribution in [0.2, 0.25) is 0 Å². The van der Waals surface area contributed by atoms with E-state index in [2.05, 4.69) is 66.0 Å². The van der Waals surface area contributed by atoms with E-state index in [4.69, 9.17) is 0 Å². The fraction of sp³-hybridized carbons (Fsp3) is 0.733. The number of nitrogens with one attached hydrogen (secondary N) is 1. The average molecular weight is 347 g/mol. The van der Waals surface area contributed by atoms with Crippen molar-refractivity contribution in [1.29, 1.82) is 0 Å². The molecule has 0 spiro atoms. The molecule has 1 N–H and O–H groups in total. The van der Waals surface area contributed by atoms with Gasteiger partial charge in [-0.15, -0.1) is 11.3 Å². The van der Waals surface area contributed by atoms with Crippen LogP contribution >= 0.6 is 27.3 Å². The minimum atomic E-state index is 0.444. The molecule has 0 aliphatic carbocycles. The Morgan fingerprint density at radius 1 is 1.26 bits per heavy atom. The summed E-state index contributed by atoms with van der Waals surface area (Å²) in [5.41, 5.74) is 0. The molecule has 1 heterocycles. The maximum atomic E-state index is 3.69. The Morgan fingerprint density at radius 2 is 1.95 bits per heavy atom. The zero-order chi connectivity index (χ0) is 14.3. The van der Waals surface area contributed by atoms with Gasteiger partial charge in [0.15, 0.2) is 0 Å². The van der Waals surface area contributed by atoms with Gasteiger partial charge in [-0.3, -0.25) is 0 Å². The van der Waals surface area contributed by atoms with Crippen LogP contribution in [-0.2, 0) is 0 Å². The first kappa shape index (κ1) is 17.2. The van der Waals surface area contributed by atoms with Gasteiger partial charge in [0.05, 0.1) is 3.79 Å². The molecule has 0 saturated carbocycles. The van der Waals surface area contributed by atoms with Crippen LogP contribution in [0.3, 0.4) is 0 Å². The molecule has 0 aliphatic rings. The topological polar surface area (TPSA) is 15.3 Å². The second-order valence-corrected chi connectivity index (χ2v) is 7.59. The van der Waals surface area contributed by atoms with Crippen LogP contribution in [0.5, 0.6) is 0 Å². The predicted molar refractivity (Wildman–Crippen MR) is 90.1 cm³/mol. The maximum Gasteiger partial charge on any atom is 0.0701 e. The third-order valence-corrected chi connectivity index (χ3v) is 5.37. The molecule has 0 aliphatic heterocycles. The van der Waals surface area contributed by atoms with Crippen molar-refractivity contribution < 1.29 is 0 Å². The average Bonchev–Trinajstić information content (AvgIpc) is 2.81. The molecule has 2 atom stereocenters. The van der Waals surface area contributed by atoms with E-state index in [9.17, 15) is 0 Å². The van der Waals surface area contributed by atoms with Crippen LogP contribution in [0.25, 0.3) is 0 Å². The third kappa shape index (κ3) is 6.39. The van der Waals surface area contributed by atoms with Crippen LogP contribution in [0, 0.1) is 0 Å². The second kappa shape index (κ2) is 9.11. The highest BCUT2D eigenvalue weighted by Gasteiger charge is 2.11. The number of rotatable bonds is 9. The summed E-state index contributed by atoms with van der Waals surface area (Å²) >= 11 is 5.35. The Hall–Kier alpha value is 0.1000. The minimum absolute atomic E-state index is 0.444. The van der Waals surface area contributed by atoms with Crippen LogP contribution < -0.4 is 5.32 Å². The smallest absolute Gasteiger partial charge is 0.0701 e. The first-order valence-electron chi connectivity index (χ1n) is 7.30. The lowest BCUT2D eigenvalue weighted by Gasteiger charge is -2.22. The zero-order valence-electron chi connectivity index (χ0n) is 12.6. The molecule has 0 fully saturated rings. The Labute approximate surface area is 130 Å². The Kier molecular flexibility index (Phi) is 8.23. The van der Waals surface area contributed by atoms with E-state index in [1.807, 2.05) is 11.3 Å². The lowest BCUT2D eigenvalue weighted by atomic mass is 10.1. The fourth-order valence-electron chi connectivity index (χ4n) is 2.31. The molecule has 1 aromatic rings. The van der Waals surface area contributed by atoms with Crippen molar-refractivity contribution in [3.05, 3.63) is 20.8 Å². The predicted octanol–water partition coefficient (Wildman–Crippen LogP) is 4.67. The van der Waals surface area contributed by atoms with Crippen molar-refractivity contribution in [3.63, 3.8) is 0 Å². The van der Waals surface area contributed by atoms with E-state index in [1.165, 1.54) is 28.0 Å². The van der Waals surface area contributed by atoms with Gasteiger partial charge in [-0.05, 0) is 74.4 Å². The summed E-state index contributed by atoms with van der Waals surface area (Å²) in [6.07, 6.45) is 2.52. The summed E-state index contributed by atoms with van der Waals surface area (Å²) in [5.74, 6) is 0. The molecule has 0 bridgehead atoms. The highest BCUT2D eigenvalue weighted by atomic mass is 79.9. The normalized spacial score (nSPS) is 14.8. The standard InChI is InChI=1S/C15H27BrN2S/c1-5-18(6-2)11-7-8-12(3)17-13(4)14-9-10-15(16)19-14/h9-10,12-13,17H,5-8,11H2,1-4H3. The van der Waals surface area contributed by atoms with Crippen molar-refractivity contribution in [2.75, 3.05) is 19.6 Å². The van der Waals surface area contributed by atoms with Crippen molar-refractivity contribution in [2.45, 2.75) is 52.6 Å². The summed E-state index contributed by atoms with van der Waals surface area (Å²) in [6.45, 7) is 12.6. The maximum absolute atomic E-state index is 3.69. The molecule has 19 heavy (non-hydrogen) atoms. The lowest BCUT2D eigenvalue weighted by molar-refractivity contribution is 0.288. The first-order chi connectivity index (χ1) is 9.06. The van der Waals surface area contributed by atoms with Gasteiger partial charge in [0.2, 0.25) is 0 Å². The Bertz CT molecular complexity index is 350. The molecular formula is C15H27BrN2S. The number of nitrogens with zero attached hydrogens (tertiary/aromatic N) is 1. The van der Waals surface area contributed by atoms with E-state index in [1.54, 1.807) is 0 Å². The minimum Gasteiger partial charge on any atom is -0.307 e. The van der Waals surface area contributed by atoms with Crippen molar-refractivity contribution in [2.24, 2.45) is 0 Å². The fourth-order valence-corrected chi connectivity index (χ4v) is 3.75. The molecule has 2 unspecified atom stereocenters. The first-order valence-corrected chi connectivity index (χ1v) is 8.91. The largest absolute Gasteiger partial charge is 0.307 e. The van der Waals surface area contributed by atoms with E-state index in [-0.39, 0.29) is 0 Å².